The minimum Gasteiger partial charge on any atom is -0.376 e. The number of aryl methyl sites for hydroxylation is 1. The van der Waals surface area contributed by atoms with Crippen molar-refractivity contribution in [3.05, 3.63) is 48.5 Å². The highest BCUT2D eigenvalue weighted by Crippen LogP contribution is 2.02. The molecule has 7 nitrogen and oxygen atoms in total. The molecule has 0 saturated carbocycles. The van der Waals surface area contributed by atoms with Gasteiger partial charge < -0.3 is 19.9 Å². The van der Waals surface area contributed by atoms with Crippen LogP contribution in [-0.2, 0) is 17.9 Å². The van der Waals surface area contributed by atoms with E-state index < -0.39 is 0 Å². The van der Waals surface area contributed by atoms with Gasteiger partial charge in [0.05, 0.1) is 13.2 Å². The van der Waals surface area contributed by atoms with Crippen LogP contribution in [0.5, 0.6) is 0 Å². The zero-order valence-electron chi connectivity index (χ0n) is 16.2. The molecule has 0 bridgehead atoms. The molecule has 0 aliphatic heterocycles. The second-order valence-corrected chi connectivity index (χ2v) is 6.39. The number of ether oxygens (including phenoxy) is 1. The summed E-state index contributed by atoms with van der Waals surface area (Å²) >= 11 is 0. The van der Waals surface area contributed by atoms with Crippen molar-refractivity contribution < 1.29 is 4.74 Å². The van der Waals surface area contributed by atoms with Crippen molar-refractivity contribution in [3.8, 4) is 0 Å². The van der Waals surface area contributed by atoms with Gasteiger partial charge >= 0.3 is 0 Å². The van der Waals surface area contributed by atoms with Crippen LogP contribution in [0.3, 0.4) is 0 Å². The minimum absolute atomic E-state index is 0. The number of halogens is 1. The SMILES string of the molecule is CN=C(NCCCCn1cnnc1)NCC(C)COCc1ccccc1.I. The van der Waals surface area contributed by atoms with Crippen LogP contribution < -0.4 is 10.6 Å². The molecule has 0 amide bonds. The maximum Gasteiger partial charge on any atom is 0.190 e. The van der Waals surface area contributed by atoms with Crippen LogP contribution in [0.25, 0.3) is 0 Å². The van der Waals surface area contributed by atoms with E-state index in [-0.39, 0.29) is 24.0 Å². The third-order valence-corrected chi connectivity index (χ3v) is 3.96. The molecule has 0 fully saturated rings. The summed E-state index contributed by atoms with van der Waals surface area (Å²) in [6, 6.07) is 10.2. The summed E-state index contributed by atoms with van der Waals surface area (Å²) in [6.45, 7) is 6.21. The lowest BCUT2D eigenvalue weighted by Crippen LogP contribution is -2.40. The Hall–Kier alpha value is -1.68. The standard InChI is InChI=1S/C19H30N6O.HI/c1-17(13-26-14-18-8-4-3-5-9-18)12-22-19(20-2)21-10-6-7-11-25-15-23-24-16-25;/h3-5,8-9,15-17H,6-7,10-14H2,1-2H3,(H2,20,21,22);1H. The predicted molar refractivity (Wildman–Crippen MR) is 119 cm³/mol. The molecule has 1 unspecified atom stereocenters. The molecular formula is C19H31IN6O. The molecule has 0 spiro atoms. The highest BCUT2D eigenvalue weighted by molar-refractivity contribution is 14.0. The number of nitrogens with one attached hydrogen (secondary N) is 2. The van der Waals surface area contributed by atoms with Gasteiger partial charge in [-0.05, 0) is 24.3 Å². The predicted octanol–water partition coefficient (Wildman–Crippen LogP) is 2.69. The van der Waals surface area contributed by atoms with Gasteiger partial charge in [-0.3, -0.25) is 4.99 Å². The first-order valence-corrected chi connectivity index (χ1v) is 9.16. The van der Waals surface area contributed by atoms with E-state index in [0.29, 0.717) is 12.5 Å². The number of hydrogen-bond donors (Lipinski definition) is 2. The smallest absolute Gasteiger partial charge is 0.190 e. The number of rotatable bonds is 11. The summed E-state index contributed by atoms with van der Waals surface area (Å²) in [6.07, 6.45) is 5.63. The maximum atomic E-state index is 5.78. The van der Waals surface area contributed by atoms with Crippen LogP contribution >= 0.6 is 24.0 Å². The van der Waals surface area contributed by atoms with Crippen molar-refractivity contribution in [2.24, 2.45) is 10.9 Å². The molecule has 27 heavy (non-hydrogen) atoms. The number of aromatic nitrogens is 3. The third-order valence-electron chi connectivity index (χ3n) is 3.96. The monoisotopic (exact) mass is 486 g/mol. The van der Waals surface area contributed by atoms with E-state index in [2.05, 4.69) is 44.9 Å². The molecule has 0 radical (unpaired) electrons. The van der Waals surface area contributed by atoms with Crippen molar-refractivity contribution >= 4 is 29.9 Å². The van der Waals surface area contributed by atoms with Crippen molar-refractivity contribution in [2.45, 2.75) is 32.9 Å². The molecule has 1 aromatic carbocycles. The van der Waals surface area contributed by atoms with Gasteiger partial charge in [0.1, 0.15) is 12.7 Å². The quantitative estimate of drug-likeness (QED) is 0.221. The Kier molecular flexibility index (Phi) is 12.4. The molecule has 2 N–H and O–H groups in total. The van der Waals surface area contributed by atoms with E-state index in [1.165, 1.54) is 5.56 Å². The van der Waals surface area contributed by atoms with Crippen molar-refractivity contribution in [3.63, 3.8) is 0 Å². The normalized spacial score (nSPS) is 12.3. The van der Waals surface area contributed by atoms with E-state index in [1.807, 2.05) is 22.8 Å². The van der Waals surface area contributed by atoms with E-state index in [0.717, 1.165) is 45.0 Å². The Balaban J connectivity index is 0.00000364. The molecule has 0 aliphatic carbocycles. The van der Waals surface area contributed by atoms with Gasteiger partial charge in [0, 0.05) is 26.7 Å². The first-order chi connectivity index (χ1) is 12.8. The average molecular weight is 486 g/mol. The highest BCUT2D eigenvalue weighted by Gasteiger charge is 2.04. The number of nitrogens with zero attached hydrogens (tertiary/aromatic N) is 4. The fourth-order valence-corrected chi connectivity index (χ4v) is 2.47. The van der Waals surface area contributed by atoms with Crippen LogP contribution in [0.15, 0.2) is 48.0 Å². The number of benzene rings is 1. The fraction of sp³-hybridized carbons (Fsp3) is 0.526. The van der Waals surface area contributed by atoms with Gasteiger partial charge in [0.15, 0.2) is 5.96 Å². The lowest BCUT2D eigenvalue weighted by molar-refractivity contribution is 0.0931. The van der Waals surface area contributed by atoms with Crippen LogP contribution in [-0.4, -0.2) is 47.5 Å². The van der Waals surface area contributed by atoms with Crippen molar-refractivity contribution in [1.82, 2.24) is 25.4 Å². The van der Waals surface area contributed by atoms with Crippen LogP contribution in [0.1, 0.15) is 25.3 Å². The lowest BCUT2D eigenvalue weighted by Gasteiger charge is -2.16. The van der Waals surface area contributed by atoms with E-state index in [4.69, 9.17) is 4.74 Å². The second kappa shape index (κ2) is 14.4. The molecule has 1 aromatic heterocycles. The summed E-state index contributed by atoms with van der Waals surface area (Å²) in [5.41, 5.74) is 1.21. The largest absolute Gasteiger partial charge is 0.376 e. The first-order valence-electron chi connectivity index (χ1n) is 9.16. The van der Waals surface area contributed by atoms with Gasteiger partial charge in [-0.1, -0.05) is 37.3 Å². The zero-order valence-corrected chi connectivity index (χ0v) is 18.5. The Bertz CT molecular complexity index is 620. The summed E-state index contributed by atoms with van der Waals surface area (Å²) in [7, 11) is 1.79. The topological polar surface area (TPSA) is 76.4 Å². The third kappa shape index (κ3) is 10.3. The number of unbranched alkanes of at least 4 members (excludes halogenated alkanes) is 1. The van der Waals surface area contributed by atoms with E-state index >= 15 is 0 Å². The Morgan fingerprint density at radius 3 is 2.59 bits per heavy atom. The van der Waals surface area contributed by atoms with E-state index in [9.17, 15) is 0 Å². The molecule has 0 saturated heterocycles. The van der Waals surface area contributed by atoms with Crippen LogP contribution in [0, 0.1) is 5.92 Å². The van der Waals surface area contributed by atoms with Crippen molar-refractivity contribution in [1.29, 1.82) is 0 Å². The summed E-state index contributed by atoms with van der Waals surface area (Å²) in [5, 5.41) is 14.3. The molecule has 1 atom stereocenters. The lowest BCUT2D eigenvalue weighted by atomic mass is 10.2. The fourth-order valence-electron chi connectivity index (χ4n) is 2.47. The zero-order chi connectivity index (χ0) is 18.5. The first kappa shape index (κ1) is 23.4. The molecule has 8 heteroatoms. The summed E-state index contributed by atoms with van der Waals surface area (Å²) in [4.78, 5) is 4.26. The molecule has 150 valence electrons. The Labute approximate surface area is 179 Å². The number of guanidine groups is 1. The summed E-state index contributed by atoms with van der Waals surface area (Å²) in [5.74, 6) is 1.25. The highest BCUT2D eigenvalue weighted by atomic mass is 127. The maximum absolute atomic E-state index is 5.78. The van der Waals surface area contributed by atoms with Crippen LogP contribution in [0.4, 0.5) is 0 Å². The minimum atomic E-state index is 0. The average Bonchev–Trinajstić information content (AvgIpc) is 3.18. The van der Waals surface area contributed by atoms with E-state index in [1.54, 1.807) is 19.7 Å². The number of hydrogen-bond acceptors (Lipinski definition) is 4. The Morgan fingerprint density at radius 1 is 1.15 bits per heavy atom. The van der Waals surface area contributed by atoms with Gasteiger partial charge in [-0.15, -0.1) is 34.2 Å². The van der Waals surface area contributed by atoms with Crippen molar-refractivity contribution in [2.75, 3.05) is 26.7 Å². The van der Waals surface area contributed by atoms with Gasteiger partial charge in [0.2, 0.25) is 0 Å². The Morgan fingerprint density at radius 2 is 1.89 bits per heavy atom. The second-order valence-electron chi connectivity index (χ2n) is 6.39. The van der Waals surface area contributed by atoms with Gasteiger partial charge in [-0.2, -0.15) is 0 Å². The van der Waals surface area contributed by atoms with Gasteiger partial charge in [0.25, 0.3) is 0 Å². The number of aliphatic imine (C=N–C) groups is 1. The molecule has 2 aromatic rings. The van der Waals surface area contributed by atoms with Crippen LogP contribution in [0.2, 0.25) is 0 Å². The van der Waals surface area contributed by atoms with Gasteiger partial charge in [-0.25, -0.2) is 0 Å². The molecular weight excluding hydrogens is 455 g/mol. The molecule has 0 aliphatic rings. The summed E-state index contributed by atoms with van der Waals surface area (Å²) < 4.78 is 7.77. The molecule has 1 heterocycles. The molecule has 2 rings (SSSR count).